The molecule has 2 heterocycles. The second kappa shape index (κ2) is 9.98. The fourth-order valence-corrected chi connectivity index (χ4v) is 5.00. The van der Waals surface area contributed by atoms with Gasteiger partial charge in [-0.1, -0.05) is 19.3 Å². The summed E-state index contributed by atoms with van der Waals surface area (Å²) in [6, 6.07) is 0.282. The molecule has 1 aromatic rings. The summed E-state index contributed by atoms with van der Waals surface area (Å²) in [6.45, 7) is 3.21. The number of amides is 2. The van der Waals surface area contributed by atoms with Crippen LogP contribution >= 0.6 is 0 Å². The van der Waals surface area contributed by atoms with Crippen molar-refractivity contribution >= 4 is 11.8 Å². The van der Waals surface area contributed by atoms with E-state index in [9.17, 15) is 14.4 Å². The molecule has 1 aromatic heterocycles. The molecule has 4 rings (SSSR count). The molecule has 0 aromatic carbocycles. The highest BCUT2D eigenvalue weighted by molar-refractivity contribution is 5.99. The highest BCUT2D eigenvalue weighted by Crippen LogP contribution is 2.34. The van der Waals surface area contributed by atoms with Crippen LogP contribution in [-0.2, 0) is 0 Å². The first kappa shape index (κ1) is 22.1. The molecule has 2 aliphatic carbocycles. The normalized spacial score (nSPS) is 22.8. The molecule has 170 valence electrons. The molecule has 7 heteroatoms. The van der Waals surface area contributed by atoms with Gasteiger partial charge in [0, 0.05) is 38.1 Å². The molecule has 0 spiro atoms. The summed E-state index contributed by atoms with van der Waals surface area (Å²) >= 11 is 0. The molecule has 1 saturated heterocycles. The van der Waals surface area contributed by atoms with Gasteiger partial charge in [-0.15, -0.1) is 0 Å². The first-order valence-corrected chi connectivity index (χ1v) is 12.0. The van der Waals surface area contributed by atoms with Gasteiger partial charge in [-0.3, -0.25) is 14.4 Å². The molecule has 31 heavy (non-hydrogen) atoms. The van der Waals surface area contributed by atoms with Gasteiger partial charge in [0.05, 0.1) is 0 Å². The Labute approximate surface area is 184 Å². The van der Waals surface area contributed by atoms with Gasteiger partial charge >= 0.3 is 0 Å². The van der Waals surface area contributed by atoms with Gasteiger partial charge in [-0.2, -0.15) is 0 Å². The van der Waals surface area contributed by atoms with Gasteiger partial charge in [-0.05, 0) is 64.0 Å². The summed E-state index contributed by atoms with van der Waals surface area (Å²) in [5.41, 5.74) is -0.287. The van der Waals surface area contributed by atoms with Gasteiger partial charge in [0.1, 0.15) is 11.1 Å². The van der Waals surface area contributed by atoms with Crippen LogP contribution in [0.1, 0.15) is 84.5 Å². The predicted molar refractivity (Wildman–Crippen MR) is 120 cm³/mol. The van der Waals surface area contributed by atoms with Crippen LogP contribution in [0.4, 0.5) is 0 Å². The number of piperidine rings is 1. The average Bonchev–Trinajstić information content (AvgIpc) is 3.62. The molecule has 3 fully saturated rings. The van der Waals surface area contributed by atoms with E-state index >= 15 is 0 Å². The van der Waals surface area contributed by atoms with E-state index in [0.29, 0.717) is 24.9 Å². The van der Waals surface area contributed by atoms with Crippen LogP contribution in [0.5, 0.6) is 0 Å². The molecule has 7 nitrogen and oxygen atoms in total. The lowest BCUT2D eigenvalue weighted by molar-refractivity contribution is 0.0934. The molecule has 3 aliphatic rings. The van der Waals surface area contributed by atoms with Gasteiger partial charge < -0.3 is 20.1 Å². The van der Waals surface area contributed by atoms with Crippen molar-refractivity contribution in [3.63, 3.8) is 0 Å². The van der Waals surface area contributed by atoms with Crippen molar-refractivity contribution in [1.82, 2.24) is 20.1 Å². The SMILES string of the molecule is CN1CCC[C@H](CNC(=O)c2cn(C3CC3)cc(C(=O)NCC3CCCCC3)c2=O)C1. The molecular formula is C24H36N4O3. The van der Waals surface area contributed by atoms with Crippen LogP contribution in [-0.4, -0.2) is 54.5 Å². The quantitative estimate of drug-likeness (QED) is 0.699. The van der Waals surface area contributed by atoms with Crippen molar-refractivity contribution in [3.8, 4) is 0 Å². The summed E-state index contributed by atoms with van der Waals surface area (Å²) in [7, 11) is 2.09. The zero-order chi connectivity index (χ0) is 21.8. The largest absolute Gasteiger partial charge is 0.352 e. The monoisotopic (exact) mass is 428 g/mol. The number of carbonyl (C=O) groups excluding carboxylic acids is 2. The lowest BCUT2D eigenvalue weighted by Gasteiger charge is -2.29. The van der Waals surface area contributed by atoms with E-state index in [0.717, 1.165) is 51.6 Å². The van der Waals surface area contributed by atoms with Gasteiger partial charge in [0.15, 0.2) is 0 Å². The lowest BCUT2D eigenvalue weighted by atomic mass is 9.89. The second-order valence-electron chi connectivity index (χ2n) is 9.79. The number of aromatic nitrogens is 1. The maximum Gasteiger partial charge on any atom is 0.256 e. The Kier molecular flexibility index (Phi) is 7.10. The van der Waals surface area contributed by atoms with Crippen LogP contribution in [0.25, 0.3) is 0 Å². The van der Waals surface area contributed by atoms with Crippen LogP contribution < -0.4 is 16.1 Å². The van der Waals surface area contributed by atoms with Gasteiger partial charge in [0.2, 0.25) is 5.43 Å². The molecule has 2 saturated carbocycles. The summed E-state index contributed by atoms with van der Waals surface area (Å²) in [5, 5.41) is 5.92. The van der Waals surface area contributed by atoms with E-state index < -0.39 is 5.43 Å². The third-order valence-electron chi connectivity index (χ3n) is 7.05. The Balaban J connectivity index is 1.45. The van der Waals surface area contributed by atoms with Crippen molar-refractivity contribution in [2.45, 2.75) is 63.8 Å². The Hall–Kier alpha value is -2.15. The van der Waals surface area contributed by atoms with Gasteiger partial charge in [-0.25, -0.2) is 0 Å². The van der Waals surface area contributed by atoms with Crippen molar-refractivity contribution in [2.75, 3.05) is 33.2 Å². The first-order chi connectivity index (χ1) is 15.0. The standard InChI is InChI=1S/C24H36N4O3/c1-27-11-5-8-18(14-27)13-26-24(31)21-16-28(19-9-10-19)15-20(22(21)29)23(30)25-12-17-6-3-2-4-7-17/h15-19H,2-14H2,1H3,(H,25,30)(H,26,31)/t18-/m1/s1. The van der Waals surface area contributed by atoms with Gasteiger partial charge in [0.25, 0.3) is 11.8 Å². The maximum atomic E-state index is 13.1. The van der Waals surface area contributed by atoms with Crippen LogP contribution in [0.15, 0.2) is 17.2 Å². The molecule has 1 aliphatic heterocycles. The molecular weight excluding hydrogens is 392 g/mol. The third kappa shape index (κ3) is 5.76. The van der Waals surface area contributed by atoms with Crippen molar-refractivity contribution in [2.24, 2.45) is 11.8 Å². The zero-order valence-electron chi connectivity index (χ0n) is 18.7. The predicted octanol–water partition coefficient (Wildman–Crippen LogP) is 2.56. The van der Waals surface area contributed by atoms with E-state index in [1.54, 1.807) is 12.4 Å². The minimum Gasteiger partial charge on any atom is -0.352 e. The number of hydrogen-bond donors (Lipinski definition) is 2. The number of nitrogens with one attached hydrogen (secondary N) is 2. The van der Waals surface area contributed by atoms with E-state index in [1.807, 2.05) is 4.57 Å². The summed E-state index contributed by atoms with van der Waals surface area (Å²) < 4.78 is 1.89. The van der Waals surface area contributed by atoms with Crippen LogP contribution in [0, 0.1) is 11.8 Å². The van der Waals surface area contributed by atoms with Crippen LogP contribution in [0.3, 0.4) is 0 Å². The number of likely N-dealkylation sites (tertiary alicyclic amines) is 1. The van der Waals surface area contributed by atoms with E-state index in [-0.39, 0.29) is 29.0 Å². The Bertz CT molecular complexity index is 855. The minimum absolute atomic E-state index is 0.0846. The Morgan fingerprint density at radius 2 is 1.45 bits per heavy atom. The average molecular weight is 429 g/mol. The number of nitrogens with zero attached hydrogens (tertiary/aromatic N) is 2. The smallest absolute Gasteiger partial charge is 0.256 e. The zero-order valence-corrected chi connectivity index (χ0v) is 18.7. The second-order valence-corrected chi connectivity index (χ2v) is 9.79. The summed E-state index contributed by atoms with van der Waals surface area (Å²) in [6.07, 6.45) is 13.5. The highest BCUT2D eigenvalue weighted by atomic mass is 16.2. The number of carbonyl (C=O) groups is 2. The molecule has 1 atom stereocenters. The molecule has 2 N–H and O–H groups in total. The van der Waals surface area contributed by atoms with E-state index in [4.69, 9.17) is 0 Å². The number of pyridine rings is 1. The third-order valence-corrected chi connectivity index (χ3v) is 7.05. The fraction of sp³-hybridized carbons (Fsp3) is 0.708. The highest BCUT2D eigenvalue weighted by Gasteiger charge is 2.28. The number of rotatable bonds is 7. The molecule has 0 bridgehead atoms. The topological polar surface area (TPSA) is 83.4 Å². The minimum atomic E-state index is -0.462. The lowest BCUT2D eigenvalue weighted by Crippen LogP contribution is -2.41. The molecule has 0 unspecified atom stereocenters. The van der Waals surface area contributed by atoms with Crippen molar-refractivity contribution < 1.29 is 9.59 Å². The summed E-state index contributed by atoms with van der Waals surface area (Å²) in [5.74, 6) is 0.168. The Morgan fingerprint density at radius 3 is 2.03 bits per heavy atom. The number of hydrogen-bond acceptors (Lipinski definition) is 4. The Morgan fingerprint density at radius 1 is 0.871 bits per heavy atom. The van der Waals surface area contributed by atoms with Crippen LogP contribution in [0.2, 0.25) is 0 Å². The maximum absolute atomic E-state index is 13.1. The fourth-order valence-electron chi connectivity index (χ4n) is 5.00. The van der Waals surface area contributed by atoms with E-state index in [1.165, 1.54) is 19.3 Å². The van der Waals surface area contributed by atoms with Crippen molar-refractivity contribution in [3.05, 3.63) is 33.7 Å². The molecule has 0 radical (unpaired) electrons. The van der Waals surface area contributed by atoms with Crippen molar-refractivity contribution in [1.29, 1.82) is 0 Å². The summed E-state index contributed by atoms with van der Waals surface area (Å²) in [4.78, 5) is 41.1. The first-order valence-electron chi connectivity index (χ1n) is 12.0. The van der Waals surface area contributed by atoms with E-state index in [2.05, 4.69) is 22.6 Å². The molecule has 2 amide bonds.